The predicted octanol–water partition coefficient (Wildman–Crippen LogP) is 3.95. The van der Waals surface area contributed by atoms with Gasteiger partial charge in [0.2, 0.25) is 5.89 Å². The molecule has 0 atom stereocenters. The number of hydrogen-bond donors (Lipinski definition) is 0. The lowest BCUT2D eigenvalue weighted by Crippen LogP contribution is -2.33. The van der Waals surface area contributed by atoms with Gasteiger partial charge in [-0.15, -0.1) is 0 Å². The molecule has 2 aromatic rings. The zero-order valence-electron chi connectivity index (χ0n) is 14.8. The summed E-state index contributed by atoms with van der Waals surface area (Å²) in [4.78, 5) is 6.93. The standard InChI is InChI=1S/C19H26ClN3O2/c1-24-12-4-5-15-8-10-23(11-9-15)14-19-21-18(22-25-19)13-16-6-2-3-7-17(16)20/h2-3,6-7,15H,4-5,8-14H2,1H3. The highest BCUT2D eigenvalue weighted by atomic mass is 35.5. The quantitative estimate of drug-likeness (QED) is 0.664. The molecule has 0 radical (unpaired) electrons. The zero-order chi connectivity index (χ0) is 17.5. The van der Waals surface area contributed by atoms with Crippen molar-refractivity contribution in [2.24, 2.45) is 5.92 Å². The van der Waals surface area contributed by atoms with E-state index in [9.17, 15) is 0 Å². The van der Waals surface area contributed by atoms with Crippen LogP contribution in [0.15, 0.2) is 28.8 Å². The molecule has 0 bridgehead atoms. The lowest BCUT2D eigenvalue weighted by atomic mass is 9.92. The van der Waals surface area contributed by atoms with Crippen molar-refractivity contribution < 1.29 is 9.26 Å². The molecular formula is C19H26ClN3O2. The van der Waals surface area contributed by atoms with Crippen LogP contribution in [-0.2, 0) is 17.7 Å². The summed E-state index contributed by atoms with van der Waals surface area (Å²) in [5, 5.41) is 4.84. The van der Waals surface area contributed by atoms with Gasteiger partial charge in [-0.25, -0.2) is 0 Å². The van der Waals surface area contributed by atoms with Gasteiger partial charge in [-0.2, -0.15) is 4.98 Å². The summed E-state index contributed by atoms with van der Waals surface area (Å²) in [6.07, 6.45) is 5.51. The Hall–Kier alpha value is -1.43. The summed E-state index contributed by atoms with van der Waals surface area (Å²) >= 11 is 6.19. The van der Waals surface area contributed by atoms with Gasteiger partial charge in [0.1, 0.15) is 0 Å². The van der Waals surface area contributed by atoms with Crippen molar-refractivity contribution in [1.82, 2.24) is 15.0 Å². The van der Waals surface area contributed by atoms with Crippen LogP contribution in [0, 0.1) is 5.92 Å². The van der Waals surface area contributed by atoms with Crippen LogP contribution in [-0.4, -0.2) is 41.8 Å². The Morgan fingerprint density at radius 1 is 1.28 bits per heavy atom. The number of aromatic nitrogens is 2. The number of hydrogen-bond acceptors (Lipinski definition) is 5. The van der Waals surface area contributed by atoms with Crippen molar-refractivity contribution in [3.63, 3.8) is 0 Å². The van der Waals surface area contributed by atoms with E-state index in [2.05, 4.69) is 15.0 Å². The van der Waals surface area contributed by atoms with Crippen molar-refractivity contribution in [3.05, 3.63) is 46.6 Å². The van der Waals surface area contributed by atoms with Gasteiger partial charge in [0.05, 0.1) is 6.54 Å². The summed E-state index contributed by atoms with van der Waals surface area (Å²) in [6, 6.07) is 7.77. The third kappa shape index (κ3) is 5.53. The minimum absolute atomic E-state index is 0.602. The molecule has 1 aliphatic heterocycles. The number of ether oxygens (including phenoxy) is 1. The van der Waals surface area contributed by atoms with Crippen LogP contribution in [0.25, 0.3) is 0 Å². The Bertz CT molecular complexity index is 654. The number of methoxy groups -OCH3 is 1. The second-order valence-electron chi connectivity index (χ2n) is 6.73. The van der Waals surface area contributed by atoms with Crippen LogP contribution in [0.3, 0.4) is 0 Å². The second-order valence-corrected chi connectivity index (χ2v) is 7.13. The van der Waals surface area contributed by atoms with Crippen LogP contribution in [0.4, 0.5) is 0 Å². The van der Waals surface area contributed by atoms with Crippen LogP contribution >= 0.6 is 11.6 Å². The van der Waals surface area contributed by atoms with E-state index in [1.807, 2.05) is 24.3 Å². The van der Waals surface area contributed by atoms with Crippen molar-refractivity contribution in [2.75, 3.05) is 26.8 Å². The van der Waals surface area contributed by atoms with E-state index < -0.39 is 0 Å². The molecule has 3 rings (SSSR count). The highest BCUT2D eigenvalue weighted by molar-refractivity contribution is 6.31. The van der Waals surface area contributed by atoms with E-state index in [4.69, 9.17) is 20.9 Å². The molecule has 0 aliphatic carbocycles. The summed E-state index contributed by atoms with van der Waals surface area (Å²) in [5.74, 6) is 2.21. The molecule has 5 nitrogen and oxygen atoms in total. The van der Waals surface area contributed by atoms with Gasteiger partial charge in [0.25, 0.3) is 0 Å². The number of piperidine rings is 1. The molecule has 136 valence electrons. The molecule has 0 spiro atoms. The molecule has 1 aromatic carbocycles. The average Bonchev–Trinajstić information content (AvgIpc) is 3.06. The molecule has 2 heterocycles. The summed E-state index contributed by atoms with van der Waals surface area (Å²) in [7, 11) is 1.77. The van der Waals surface area contributed by atoms with Crippen molar-refractivity contribution in [1.29, 1.82) is 0 Å². The monoisotopic (exact) mass is 363 g/mol. The minimum Gasteiger partial charge on any atom is -0.385 e. The molecule has 6 heteroatoms. The van der Waals surface area contributed by atoms with Gasteiger partial charge in [-0.3, -0.25) is 4.90 Å². The SMILES string of the molecule is COCCCC1CCN(Cc2nc(Cc3ccccc3Cl)no2)CC1. The molecule has 0 amide bonds. The van der Waals surface area contributed by atoms with E-state index in [0.717, 1.165) is 49.2 Å². The lowest BCUT2D eigenvalue weighted by Gasteiger charge is -2.30. The van der Waals surface area contributed by atoms with Gasteiger partial charge >= 0.3 is 0 Å². The van der Waals surface area contributed by atoms with E-state index in [1.165, 1.54) is 19.3 Å². The fraction of sp³-hybridized carbons (Fsp3) is 0.579. The molecule has 1 saturated heterocycles. The van der Waals surface area contributed by atoms with Gasteiger partial charge < -0.3 is 9.26 Å². The number of likely N-dealkylation sites (tertiary alicyclic amines) is 1. The van der Waals surface area contributed by atoms with Crippen molar-refractivity contribution in [2.45, 2.75) is 38.6 Å². The van der Waals surface area contributed by atoms with E-state index in [0.29, 0.717) is 18.1 Å². The first kappa shape index (κ1) is 18.4. The van der Waals surface area contributed by atoms with E-state index >= 15 is 0 Å². The molecule has 0 saturated carbocycles. The topological polar surface area (TPSA) is 51.4 Å². The Morgan fingerprint density at radius 2 is 2.08 bits per heavy atom. The largest absolute Gasteiger partial charge is 0.385 e. The predicted molar refractivity (Wildman–Crippen MR) is 97.7 cm³/mol. The summed E-state index contributed by atoms with van der Waals surface area (Å²) in [5.41, 5.74) is 1.02. The first-order chi connectivity index (χ1) is 12.2. The fourth-order valence-electron chi connectivity index (χ4n) is 3.38. The first-order valence-corrected chi connectivity index (χ1v) is 9.38. The highest BCUT2D eigenvalue weighted by Crippen LogP contribution is 2.23. The average molecular weight is 364 g/mol. The number of halogens is 1. The zero-order valence-corrected chi connectivity index (χ0v) is 15.5. The van der Waals surface area contributed by atoms with Gasteiger partial charge in [-0.1, -0.05) is 35.0 Å². The Morgan fingerprint density at radius 3 is 2.84 bits per heavy atom. The summed E-state index contributed by atoms with van der Waals surface area (Å²) in [6.45, 7) is 3.80. The normalized spacial score (nSPS) is 16.4. The smallest absolute Gasteiger partial charge is 0.240 e. The maximum absolute atomic E-state index is 6.19. The first-order valence-electron chi connectivity index (χ1n) is 9.00. The lowest BCUT2D eigenvalue weighted by molar-refractivity contribution is 0.141. The van der Waals surface area contributed by atoms with Crippen LogP contribution in [0.2, 0.25) is 5.02 Å². The Balaban J connectivity index is 1.45. The van der Waals surface area contributed by atoms with Crippen LogP contribution in [0.5, 0.6) is 0 Å². The highest BCUT2D eigenvalue weighted by Gasteiger charge is 2.20. The Kier molecular flexibility index (Phi) is 6.84. The second kappa shape index (κ2) is 9.32. The molecule has 1 aliphatic rings. The molecular weight excluding hydrogens is 338 g/mol. The minimum atomic E-state index is 0.602. The third-order valence-electron chi connectivity index (χ3n) is 4.84. The van der Waals surface area contributed by atoms with Crippen molar-refractivity contribution >= 4 is 11.6 Å². The van der Waals surface area contributed by atoms with E-state index in [1.54, 1.807) is 7.11 Å². The van der Waals surface area contributed by atoms with Gasteiger partial charge in [0.15, 0.2) is 5.82 Å². The number of rotatable bonds is 8. The molecule has 1 fully saturated rings. The molecule has 0 N–H and O–H groups in total. The van der Waals surface area contributed by atoms with Gasteiger partial charge in [-0.05, 0) is 56.3 Å². The third-order valence-corrected chi connectivity index (χ3v) is 5.21. The Labute approximate surface area is 154 Å². The van der Waals surface area contributed by atoms with Crippen LogP contribution in [0.1, 0.15) is 43.0 Å². The number of benzene rings is 1. The van der Waals surface area contributed by atoms with E-state index in [-0.39, 0.29) is 0 Å². The maximum atomic E-state index is 6.19. The fourth-order valence-corrected chi connectivity index (χ4v) is 3.58. The molecule has 25 heavy (non-hydrogen) atoms. The summed E-state index contributed by atoms with van der Waals surface area (Å²) < 4.78 is 10.6. The molecule has 0 unspecified atom stereocenters. The van der Waals surface area contributed by atoms with Crippen molar-refractivity contribution in [3.8, 4) is 0 Å². The number of nitrogens with zero attached hydrogens (tertiary/aromatic N) is 3. The molecule has 1 aromatic heterocycles. The van der Waals surface area contributed by atoms with Gasteiger partial charge in [0, 0.05) is 25.2 Å². The van der Waals surface area contributed by atoms with Crippen LogP contribution < -0.4 is 0 Å². The maximum Gasteiger partial charge on any atom is 0.240 e.